The summed E-state index contributed by atoms with van der Waals surface area (Å²) in [6, 6.07) is 18.4. The van der Waals surface area contributed by atoms with E-state index in [9.17, 15) is 4.79 Å². The molecule has 0 aliphatic carbocycles. The second-order valence-corrected chi connectivity index (χ2v) is 6.37. The van der Waals surface area contributed by atoms with Gasteiger partial charge in [0.05, 0.1) is 6.54 Å². The standard InChI is InChI=1S/C18H15NOS/c20-17-18(10-11-21-13-18)15-8-4-5-9-16(15)19(17)12-14-6-2-1-3-7-14/h1-11H,12-13H2. The zero-order chi connectivity index (χ0) is 14.3. The van der Waals surface area contributed by atoms with Gasteiger partial charge in [0.25, 0.3) is 0 Å². The van der Waals surface area contributed by atoms with E-state index < -0.39 is 5.41 Å². The molecule has 104 valence electrons. The smallest absolute Gasteiger partial charge is 0.242 e. The molecule has 2 nitrogen and oxygen atoms in total. The van der Waals surface area contributed by atoms with Gasteiger partial charge in [-0.1, -0.05) is 54.6 Å². The SMILES string of the molecule is O=C1N(Cc2ccccc2)c2ccccc2C12C=CSC2. The Morgan fingerprint density at radius 2 is 1.81 bits per heavy atom. The van der Waals surface area contributed by atoms with Gasteiger partial charge in [-0.25, -0.2) is 0 Å². The van der Waals surface area contributed by atoms with Crippen molar-refractivity contribution in [3.63, 3.8) is 0 Å². The molecule has 0 N–H and O–H groups in total. The molecule has 0 bridgehead atoms. The number of benzene rings is 2. The number of hydrogen-bond donors (Lipinski definition) is 0. The van der Waals surface area contributed by atoms with Crippen molar-refractivity contribution < 1.29 is 4.79 Å². The first-order chi connectivity index (χ1) is 10.3. The fraction of sp³-hybridized carbons (Fsp3) is 0.167. The minimum absolute atomic E-state index is 0.203. The van der Waals surface area contributed by atoms with Crippen molar-refractivity contribution in [2.24, 2.45) is 0 Å². The van der Waals surface area contributed by atoms with Gasteiger partial charge >= 0.3 is 0 Å². The first-order valence-electron chi connectivity index (χ1n) is 7.06. The van der Waals surface area contributed by atoms with Crippen molar-refractivity contribution in [1.29, 1.82) is 0 Å². The molecule has 0 radical (unpaired) electrons. The molecule has 0 fully saturated rings. The highest BCUT2D eigenvalue weighted by Gasteiger charge is 2.50. The van der Waals surface area contributed by atoms with Crippen molar-refractivity contribution in [3.05, 3.63) is 77.2 Å². The average Bonchev–Trinajstić information content (AvgIpc) is 3.11. The predicted molar refractivity (Wildman–Crippen MR) is 87.4 cm³/mol. The lowest BCUT2D eigenvalue weighted by atomic mass is 9.84. The van der Waals surface area contributed by atoms with E-state index in [1.165, 1.54) is 0 Å². The van der Waals surface area contributed by atoms with Crippen LogP contribution < -0.4 is 4.90 Å². The Hall–Kier alpha value is -2.00. The Labute approximate surface area is 128 Å². The van der Waals surface area contributed by atoms with Crippen LogP contribution in [0.25, 0.3) is 0 Å². The summed E-state index contributed by atoms with van der Waals surface area (Å²) in [5.41, 5.74) is 2.91. The molecule has 4 rings (SSSR count). The normalized spacial score (nSPS) is 23.0. The molecule has 0 aromatic heterocycles. The minimum Gasteiger partial charge on any atom is -0.307 e. The summed E-state index contributed by atoms with van der Waals surface area (Å²) >= 11 is 1.72. The van der Waals surface area contributed by atoms with E-state index in [0.717, 1.165) is 22.6 Å². The lowest BCUT2D eigenvalue weighted by Crippen LogP contribution is -2.39. The number of amides is 1. The van der Waals surface area contributed by atoms with Crippen LogP contribution >= 0.6 is 11.8 Å². The molecule has 3 heteroatoms. The number of fused-ring (bicyclic) bond motifs is 2. The van der Waals surface area contributed by atoms with Crippen LogP contribution in [0.3, 0.4) is 0 Å². The lowest BCUT2D eigenvalue weighted by molar-refractivity contribution is -0.121. The van der Waals surface area contributed by atoms with Crippen molar-refractivity contribution in [3.8, 4) is 0 Å². The summed E-state index contributed by atoms with van der Waals surface area (Å²) in [6.07, 6.45) is 2.07. The molecule has 2 aliphatic heterocycles. The van der Waals surface area contributed by atoms with E-state index in [4.69, 9.17) is 0 Å². The van der Waals surface area contributed by atoms with Crippen LogP contribution in [0.4, 0.5) is 5.69 Å². The summed E-state index contributed by atoms with van der Waals surface area (Å²) in [5.74, 6) is 1.02. The molecule has 0 saturated heterocycles. The first-order valence-corrected chi connectivity index (χ1v) is 8.11. The average molecular weight is 293 g/mol. The van der Waals surface area contributed by atoms with Crippen LogP contribution in [0.15, 0.2) is 66.1 Å². The molecule has 2 aromatic rings. The van der Waals surface area contributed by atoms with Gasteiger partial charge in [-0.2, -0.15) is 0 Å². The molecule has 1 unspecified atom stereocenters. The Morgan fingerprint density at radius 1 is 1.05 bits per heavy atom. The third-order valence-electron chi connectivity index (χ3n) is 4.25. The molecular weight excluding hydrogens is 278 g/mol. The molecule has 1 spiro atoms. The maximum atomic E-state index is 13.1. The van der Waals surface area contributed by atoms with Crippen molar-refractivity contribution in [2.45, 2.75) is 12.0 Å². The summed E-state index contributed by atoms with van der Waals surface area (Å²) in [7, 11) is 0. The van der Waals surface area contributed by atoms with Gasteiger partial charge in [0.2, 0.25) is 5.91 Å². The van der Waals surface area contributed by atoms with E-state index in [1.54, 1.807) is 11.8 Å². The Bertz CT molecular complexity index is 725. The molecule has 2 aromatic carbocycles. The number of hydrogen-bond acceptors (Lipinski definition) is 2. The predicted octanol–water partition coefficient (Wildman–Crippen LogP) is 3.73. The van der Waals surface area contributed by atoms with Crippen molar-refractivity contribution >= 4 is 23.4 Å². The zero-order valence-electron chi connectivity index (χ0n) is 11.5. The Kier molecular flexibility index (Phi) is 2.89. The summed E-state index contributed by atoms with van der Waals surface area (Å²) < 4.78 is 0. The Morgan fingerprint density at radius 3 is 2.57 bits per heavy atom. The van der Waals surface area contributed by atoms with Gasteiger partial charge in [0, 0.05) is 11.4 Å². The van der Waals surface area contributed by atoms with E-state index in [-0.39, 0.29) is 5.91 Å². The third-order valence-corrected chi connectivity index (χ3v) is 5.20. The molecular formula is C18H15NOS. The minimum atomic E-state index is -0.448. The van der Waals surface area contributed by atoms with Gasteiger partial charge in [-0.15, -0.1) is 11.8 Å². The molecule has 0 saturated carbocycles. The van der Waals surface area contributed by atoms with Crippen LogP contribution in [0, 0.1) is 0 Å². The van der Waals surface area contributed by atoms with Gasteiger partial charge in [0.1, 0.15) is 5.41 Å². The first kappa shape index (κ1) is 12.7. The third kappa shape index (κ3) is 1.84. The van der Waals surface area contributed by atoms with E-state index in [0.29, 0.717) is 6.54 Å². The fourth-order valence-electron chi connectivity index (χ4n) is 3.17. The molecule has 2 heterocycles. The number of para-hydroxylation sites is 1. The molecule has 21 heavy (non-hydrogen) atoms. The van der Waals surface area contributed by atoms with E-state index in [2.05, 4.69) is 35.7 Å². The quantitative estimate of drug-likeness (QED) is 0.841. The topological polar surface area (TPSA) is 20.3 Å². The molecule has 2 aliphatic rings. The highest BCUT2D eigenvalue weighted by Crippen LogP contribution is 2.48. The number of carbonyl (C=O) groups is 1. The van der Waals surface area contributed by atoms with Crippen LogP contribution in [0.2, 0.25) is 0 Å². The lowest BCUT2D eigenvalue weighted by Gasteiger charge is -2.21. The maximum absolute atomic E-state index is 13.1. The van der Waals surface area contributed by atoms with Gasteiger partial charge in [-0.05, 0) is 22.6 Å². The van der Waals surface area contributed by atoms with Crippen LogP contribution in [-0.2, 0) is 16.8 Å². The highest BCUT2D eigenvalue weighted by atomic mass is 32.2. The van der Waals surface area contributed by atoms with Crippen LogP contribution in [-0.4, -0.2) is 11.7 Å². The van der Waals surface area contributed by atoms with Gasteiger partial charge in [0.15, 0.2) is 0 Å². The summed E-state index contributed by atoms with van der Waals surface area (Å²) in [6.45, 7) is 0.636. The van der Waals surface area contributed by atoms with Crippen molar-refractivity contribution in [1.82, 2.24) is 0 Å². The second-order valence-electron chi connectivity index (χ2n) is 5.48. The highest BCUT2D eigenvalue weighted by molar-refractivity contribution is 8.02. The second kappa shape index (κ2) is 4.78. The van der Waals surface area contributed by atoms with Gasteiger partial charge in [-0.3, -0.25) is 4.79 Å². The fourth-order valence-corrected chi connectivity index (χ4v) is 4.23. The van der Waals surface area contributed by atoms with E-state index >= 15 is 0 Å². The number of anilines is 1. The zero-order valence-corrected chi connectivity index (χ0v) is 12.3. The van der Waals surface area contributed by atoms with E-state index in [1.807, 2.05) is 35.2 Å². The van der Waals surface area contributed by atoms with Crippen LogP contribution in [0.1, 0.15) is 11.1 Å². The summed E-state index contributed by atoms with van der Waals surface area (Å²) in [4.78, 5) is 15.0. The van der Waals surface area contributed by atoms with Crippen molar-refractivity contribution in [2.75, 3.05) is 10.7 Å². The maximum Gasteiger partial charge on any atom is 0.242 e. The number of carbonyl (C=O) groups excluding carboxylic acids is 1. The number of nitrogens with zero attached hydrogens (tertiary/aromatic N) is 1. The van der Waals surface area contributed by atoms with Crippen LogP contribution in [0.5, 0.6) is 0 Å². The van der Waals surface area contributed by atoms with Gasteiger partial charge < -0.3 is 4.90 Å². The summed E-state index contributed by atoms with van der Waals surface area (Å²) in [5, 5.41) is 2.06. The molecule has 1 atom stereocenters. The number of rotatable bonds is 2. The largest absolute Gasteiger partial charge is 0.307 e. The molecule has 1 amide bonds. The monoisotopic (exact) mass is 293 g/mol. The Balaban J connectivity index is 1.79. The number of thioether (sulfide) groups is 1.